The second-order valence-electron chi connectivity index (χ2n) is 6.10. The molecule has 0 unspecified atom stereocenters. The van der Waals surface area contributed by atoms with Crippen LogP contribution in [-0.4, -0.2) is 56.4 Å². The van der Waals surface area contributed by atoms with Crippen LogP contribution in [0, 0.1) is 0 Å². The van der Waals surface area contributed by atoms with E-state index >= 15 is 0 Å². The van der Waals surface area contributed by atoms with Crippen LogP contribution < -0.4 is 15.0 Å². The van der Waals surface area contributed by atoms with Gasteiger partial charge < -0.3 is 14.5 Å². The summed E-state index contributed by atoms with van der Waals surface area (Å²) in [7, 11) is 5.82. The fourth-order valence-electron chi connectivity index (χ4n) is 3.09. The number of carbonyl (C=O) groups excluding carboxylic acids is 2. The number of nitrogens with zero attached hydrogens (tertiary/aromatic N) is 2. The molecule has 2 saturated heterocycles. The van der Waals surface area contributed by atoms with E-state index in [0.29, 0.717) is 10.9 Å². The molecule has 2 aliphatic heterocycles. The largest absolute Gasteiger partial charge is 0.495 e. The van der Waals surface area contributed by atoms with Crippen molar-refractivity contribution < 1.29 is 14.3 Å². The molecule has 2 fully saturated rings. The van der Waals surface area contributed by atoms with Crippen LogP contribution in [0.2, 0.25) is 0 Å². The predicted octanol–water partition coefficient (Wildman–Crippen LogP) is 2.16. The van der Waals surface area contributed by atoms with E-state index in [0.717, 1.165) is 48.3 Å². The number of likely N-dealkylation sites (N-methyl/N-ethyl adjacent to an activating group) is 1. The van der Waals surface area contributed by atoms with E-state index in [1.807, 2.05) is 18.2 Å². The Balaban J connectivity index is 1.97. The molecule has 1 aromatic carbocycles. The Labute approximate surface area is 145 Å². The molecular formula is C17H21N3O3S. The quantitative estimate of drug-likeness (QED) is 0.842. The van der Waals surface area contributed by atoms with Gasteiger partial charge in [0.25, 0.3) is 11.1 Å². The van der Waals surface area contributed by atoms with Crippen LogP contribution in [0.15, 0.2) is 23.1 Å². The highest BCUT2D eigenvalue weighted by Crippen LogP contribution is 2.37. The Morgan fingerprint density at radius 2 is 2.17 bits per heavy atom. The molecule has 7 heteroatoms. The van der Waals surface area contributed by atoms with Crippen molar-refractivity contribution >= 4 is 34.7 Å². The number of ether oxygens (including phenoxy) is 1. The van der Waals surface area contributed by atoms with Crippen molar-refractivity contribution in [2.75, 3.05) is 39.2 Å². The lowest BCUT2D eigenvalue weighted by Crippen LogP contribution is -2.31. The zero-order valence-corrected chi connectivity index (χ0v) is 14.9. The molecule has 0 spiro atoms. The maximum atomic E-state index is 11.8. The Kier molecular flexibility index (Phi) is 4.82. The average Bonchev–Trinajstić information content (AvgIpc) is 3.14. The molecule has 3 rings (SSSR count). The Bertz CT molecular complexity index is 702. The molecule has 2 amide bonds. The minimum Gasteiger partial charge on any atom is -0.495 e. The molecule has 0 aromatic heterocycles. The number of hydrogen-bond acceptors (Lipinski definition) is 6. The fourth-order valence-corrected chi connectivity index (χ4v) is 3.76. The zero-order valence-electron chi connectivity index (χ0n) is 14.0. The van der Waals surface area contributed by atoms with Gasteiger partial charge in [0.05, 0.1) is 17.7 Å². The van der Waals surface area contributed by atoms with E-state index in [4.69, 9.17) is 4.74 Å². The summed E-state index contributed by atoms with van der Waals surface area (Å²) in [4.78, 5) is 28.2. The van der Waals surface area contributed by atoms with Crippen molar-refractivity contribution in [3.63, 3.8) is 0 Å². The van der Waals surface area contributed by atoms with Crippen LogP contribution in [0.1, 0.15) is 12.0 Å². The third-order valence-corrected chi connectivity index (χ3v) is 5.20. The number of benzene rings is 1. The smallest absolute Gasteiger partial charge is 0.290 e. The highest BCUT2D eigenvalue weighted by molar-refractivity contribution is 8.18. The van der Waals surface area contributed by atoms with Gasteiger partial charge in [0, 0.05) is 24.7 Å². The molecule has 2 aliphatic rings. The molecule has 2 heterocycles. The van der Waals surface area contributed by atoms with Crippen molar-refractivity contribution in [2.24, 2.45) is 0 Å². The van der Waals surface area contributed by atoms with Crippen LogP contribution in [0.4, 0.5) is 10.5 Å². The highest BCUT2D eigenvalue weighted by atomic mass is 32.2. The number of rotatable bonds is 4. The fraction of sp³-hybridized carbons (Fsp3) is 0.412. The Hall–Kier alpha value is -1.99. The van der Waals surface area contributed by atoms with Gasteiger partial charge in [-0.2, -0.15) is 0 Å². The number of carbonyl (C=O) groups is 2. The number of methoxy groups -OCH3 is 1. The number of anilines is 1. The lowest BCUT2D eigenvalue weighted by molar-refractivity contribution is -0.115. The van der Waals surface area contributed by atoms with Gasteiger partial charge >= 0.3 is 0 Å². The van der Waals surface area contributed by atoms with Crippen LogP contribution in [0.5, 0.6) is 5.75 Å². The lowest BCUT2D eigenvalue weighted by atomic mass is 10.1. The number of thioether (sulfide) groups is 1. The average molecular weight is 347 g/mol. The molecule has 0 bridgehead atoms. The molecule has 0 aliphatic carbocycles. The minimum atomic E-state index is -0.341. The van der Waals surface area contributed by atoms with Crippen LogP contribution in [-0.2, 0) is 4.79 Å². The van der Waals surface area contributed by atoms with Crippen LogP contribution in [0.3, 0.4) is 0 Å². The maximum Gasteiger partial charge on any atom is 0.290 e. The van der Waals surface area contributed by atoms with Crippen molar-refractivity contribution in [1.29, 1.82) is 0 Å². The maximum absolute atomic E-state index is 11.8. The third-order valence-electron chi connectivity index (χ3n) is 4.39. The summed E-state index contributed by atoms with van der Waals surface area (Å²) in [5, 5.41) is 1.96. The van der Waals surface area contributed by atoms with Crippen molar-refractivity contribution in [3.8, 4) is 5.75 Å². The van der Waals surface area contributed by atoms with Crippen molar-refractivity contribution in [1.82, 2.24) is 10.2 Å². The number of amides is 2. The Morgan fingerprint density at radius 1 is 1.38 bits per heavy atom. The third kappa shape index (κ3) is 3.27. The first-order valence-electron chi connectivity index (χ1n) is 7.83. The zero-order chi connectivity index (χ0) is 17.3. The summed E-state index contributed by atoms with van der Waals surface area (Å²) in [6.07, 6.45) is 2.85. The summed E-state index contributed by atoms with van der Waals surface area (Å²) < 4.78 is 5.55. The van der Waals surface area contributed by atoms with Gasteiger partial charge in [0.2, 0.25) is 0 Å². The van der Waals surface area contributed by atoms with Gasteiger partial charge in [0.1, 0.15) is 5.75 Å². The number of hydrogen-bond donors (Lipinski definition) is 1. The highest BCUT2D eigenvalue weighted by Gasteiger charge is 2.29. The van der Waals surface area contributed by atoms with Gasteiger partial charge in [-0.15, -0.1) is 0 Å². The first-order chi connectivity index (χ1) is 11.5. The molecule has 0 radical (unpaired) electrons. The summed E-state index contributed by atoms with van der Waals surface area (Å²) in [6, 6.07) is 6.26. The molecule has 1 N–H and O–H groups in total. The van der Waals surface area contributed by atoms with Crippen LogP contribution in [0.25, 0.3) is 6.08 Å². The Morgan fingerprint density at radius 3 is 2.75 bits per heavy atom. The first kappa shape index (κ1) is 16.9. The second kappa shape index (κ2) is 6.86. The molecule has 1 atom stereocenters. The molecule has 0 saturated carbocycles. The monoisotopic (exact) mass is 347 g/mol. The lowest BCUT2D eigenvalue weighted by Gasteiger charge is -2.25. The number of imide groups is 1. The van der Waals surface area contributed by atoms with Gasteiger partial charge in [0.15, 0.2) is 0 Å². The standard InChI is InChI=1S/C17H21N3O3S/c1-19(2)12-7-8-20(10-12)15-11(5-4-6-13(15)23-3)9-14-16(21)18-17(22)24-14/h4-6,9,12H,7-8,10H2,1-3H3,(H,18,21,22)/b14-9-/t12-/m0/s1. The van der Waals surface area contributed by atoms with Crippen molar-refractivity contribution in [2.45, 2.75) is 12.5 Å². The first-order valence-corrected chi connectivity index (χ1v) is 8.64. The minimum absolute atomic E-state index is 0.329. The SMILES string of the molecule is COc1cccc(/C=C2\SC(=O)NC2=O)c1N1CC[C@H](N(C)C)C1. The second-order valence-corrected chi connectivity index (χ2v) is 7.12. The van der Waals surface area contributed by atoms with E-state index in [-0.39, 0.29) is 11.1 Å². The predicted molar refractivity (Wildman–Crippen MR) is 96.4 cm³/mol. The summed E-state index contributed by atoms with van der Waals surface area (Å²) in [5.74, 6) is 0.435. The van der Waals surface area contributed by atoms with E-state index in [1.165, 1.54) is 0 Å². The normalized spacial score (nSPS) is 22.6. The summed E-state index contributed by atoms with van der Waals surface area (Å²) in [6.45, 7) is 1.83. The topological polar surface area (TPSA) is 61.9 Å². The van der Waals surface area contributed by atoms with Gasteiger partial charge in [-0.3, -0.25) is 14.9 Å². The molecular weight excluding hydrogens is 326 g/mol. The number of para-hydroxylation sites is 1. The molecule has 6 nitrogen and oxygen atoms in total. The number of nitrogens with one attached hydrogen (secondary N) is 1. The van der Waals surface area contributed by atoms with E-state index in [2.05, 4.69) is 29.2 Å². The van der Waals surface area contributed by atoms with E-state index < -0.39 is 0 Å². The summed E-state index contributed by atoms with van der Waals surface area (Å²) in [5.41, 5.74) is 1.87. The van der Waals surface area contributed by atoms with Gasteiger partial charge in [-0.1, -0.05) is 12.1 Å². The van der Waals surface area contributed by atoms with E-state index in [1.54, 1.807) is 13.2 Å². The van der Waals surface area contributed by atoms with Crippen molar-refractivity contribution in [3.05, 3.63) is 28.7 Å². The molecule has 1 aromatic rings. The van der Waals surface area contributed by atoms with Crippen LogP contribution >= 0.6 is 11.8 Å². The molecule has 24 heavy (non-hydrogen) atoms. The van der Waals surface area contributed by atoms with E-state index in [9.17, 15) is 9.59 Å². The van der Waals surface area contributed by atoms with Gasteiger partial charge in [-0.05, 0) is 44.4 Å². The van der Waals surface area contributed by atoms with Gasteiger partial charge in [-0.25, -0.2) is 0 Å². The summed E-state index contributed by atoms with van der Waals surface area (Å²) >= 11 is 0.933. The molecule has 128 valence electrons.